The van der Waals surface area contributed by atoms with Gasteiger partial charge in [-0.05, 0) is 23.3 Å². The van der Waals surface area contributed by atoms with Crippen LogP contribution in [0.2, 0.25) is 0 Å². The van der Waals surface area contributed by atoms with Gasteiger partial charge in [0.25, 0.3) is 0 Å². The number of nitrogens with zero attached hydrogens (tertiary/aromatic N) is 2. The number of hydrogen-bond acceptors (Lipinski definition) is 4. The molecule has 2 aromatic carbocycles. The fourth-order valence-electron chi connectivity index (χ4n) is 2.85. The number of hydrogen-bond donors (Lipinski definition) is 1. The molecular weight excluding hydrogens is 338 g/mol. The van der Waals surface area contributed by atoms with Crippen LogP contribution in [-0.2, 0) is 14.8 Å². The van der Waals surface area contributed by atoms with Crippen molar-refractivity contribution in [2.75, 3.05) is 11.0 Å². The molecule has 0 bridgehead atoms. The first-order valence-electron chi connectivity index (χ1n) is 7.84. The Balaban J connectivity index is 1.85. The predicted octanol–water partition coefficient (Wildman–Crippen LogP) is 2.76. The van der Waals surface area contributed by atoms with Gasteiger partial charge in [0, 0.05) is 19.0 Å². The van der Waals surface area contributed by atoms with Crippen LogP contribution >= 0.6 is 0 Å². The second-order valence-corrected chi connectivity index (χ2v) is 7.74. The van der Waals surface area contributed by atoms with Crippen LogP contribution in [0.4, 0.5) is 5.69 Å². The number of hydrazone groups is 1. The van der Waals surface area contributed by atoms with E-state index in [0.717, 1.165) is 23.1 Å². The minimum Gasteiger partial charge on any atom is -0.284 e. The van der Waals surface area contributed by atoms with Gasteiger partial charge in [0.1, 0.15) is 0 Å². The number of rotatable bonds is 4. The minimum absolute atomic E-state index is 0.112. The van der Waals surface area contributed by atoms with Crippen molar-refractivity contribution in [2.45, 2.75) is 19.4 Å². The Labute approximate surface area is 147 Å². The Morgan fingerprint density at radius 3 is 2.32 bits per heavy atom. The zero-order valence-electron chi connectivity index (χ0n) is 14.0. The summed E-state index contributed by atoms with van der Waals surface area (Å²) in [6, 6.07) is 16.6. The number of nitrogens with one attached hydrogen (secondary N) is 1. The summed E-state index contributed by atoms with van der Waals surface area (Å²) in [6.07, 6.45) is 1.72. The maximum atomic E-state index is 12.0. The van der Waals surface area contributed by atoms with E-state index < -0.39 is 10.0 Å². The summed E-state index contributed by atoms with van der Waals surface area (Å²) in [5.74, 6) is -0.112. The molecule has 6 nitrogen and oxygen atoms in total. The van der Waals surface area contributed by atoms with Gasteiger partial charge in [0.05, 0.1) is 18.0 Å². The van der Waals surface area contributed by atoms with Gasteiger partial charge in [-0.25, -0.2) is 13.4 Å². The summed E-state index contributed by atoms with van der Waals surface area (Å²) in [4.78, 5) is 12.0. The second-order valence-electron chi connectivity index (χ2n) is 5.99. The average Bonchev–Trinajstić information content (AvgIpc) is 3.00. The van der Waals surface area contributed by atoms with Crippen LogP contribution < -0.4 is 4.72 Å². The highest BCUT2D eigenvalue weighted by Gasteiger charge is 2.31. The van der Waals surface area contributed by atoms with Crippen LogP contribution in [-0.4, -0.2) is 31.3 Å². The first kappa shape index (κ1) is 17.2. The molecule has 0 radical (unpaired) electrons. The first-order chi connectivity index (χ1) is 11.8. The Morgan fingerprint density at radius 1 is 1.12 bits per heavy atom. The van der Waals surface area contributed by atoms with Gasteiger partial charge >= 0.3 is 0 Å². The Hall–Kier alpha value is -2.67. The lowest BCUT2D eigenvalue weighted by atomic mass is 9.98. The van der Waals surface area contributed by atoms with Gasteiger partial charge in [-0.1, -0.05) is 42.5 Å². The molecule has 0 saturated carbocycles. The van der Waals surface area contributed by atoms with Crippen molar-refractivity contribution in [3.05, 3.63) is 65.7 Å². The van der Waals surface area contributed by atoms with E-state index in [1.807, 2.05) is 30.3 Å². The van der Waals surface area contributed by atoms with Crippen LogP contribution in [0.25, 0.3) is 0 Å². The number of carbonyl (C=O) groups is 1. The fourth-order valence-corrected chi connectivity index (χ4v) is 3.42. The number of sulfonamides is 1. The van der Waals surface area contributed by atoms with Crippen LogP contribution in [0.15, 0.2) is 59.7 Å². The van der Waals surface area contributed by atoms with Gasteiger partial charge in [0.2, 0.25) is 15.9 Å². The molecule has 2 aromatic rings. The van der Waals surface area contributed by atoms with E-state index in [1.165, 1.54) is 11.9 Å². The second kappa shape index (κ2) is 6.68. The smallest absolute Gasteiger partial charge is 0.240 e. The molecule has 0 spiro atoms. The number of anilines is 1. The van der Waals surface area contributed by atoms with Crippen molar-refractivity contribution < 1.29 is 13.2 Å². The van der Waals surface area contributed by atoms with E-state index in [9.17, 15) is 13.2 Å². The van der Waals surface area contributed by atoms with Gasteiger partial charge in [-0.2, -0.15) is 5.10 Å². The molecule has 0 fully saturated rings. The lowest BCUT2D eigenvalue weighted by Crippen LogP contribution is -2.24. The van der Waals surface area contributed by atoms with Gasteiger partial charge in [0.15, 0.2) is 0 Å². The van der Waals surface area contributed by atoms with Crippen molar-refractivity contribution in [1.29, 1.82) is 0 Å². The van der Waals surface area contributed by atoms with Gasteiger partial charge < -0.3 is 0 Å². The molecule has 0 aliphatic carbocycles. The quantitative estimate of drug-likeness (QED) is 0.914. The lowest BCUT2D eigenvalue weighted by molar-refractivity contribution is -0.130. The monoisotopic (exact) mass is 357 g/mol. The van der Waals surface area contributed by atoms with E-state index >= 15 is 0 Å². The topological polar surface area (TPSA) is 78.8 Å². The molecule has 1 heterocycles. The Kier molecular flexibility index (Phi) is 4.59. The molecule has 1 aliphatic rings. The first-order valence-corrected chi connectivity index (χ1v) is 9.73. The fraction of sp³-hybridized carbons (Fsp3) is 0.222. The number of amides is 1. The lowest BCUT2D eigenvalue weighted by Gasteiger charge is -2.20. The molecule has 1 aliphatic heterocycles. The summed E-state index contributed by atoms with van der Waals surface area (Å²) in [6.45, 7) is 1.50. The van der Waals surface area contributed by atoms with Crippen molar-refractivity contribution in [3.8, 4) is 0 Å². The summed E-state index contributed by atoms with van der Waals surface area (Å²) in [5.41, 5.74) is 3.19. The van der Waals surface area contributed by atoms with Crippen LogP contribution in [0.1, 0.15) is 30.5 Å². The standard InChI is InChI=1S/C18H19N3O3S/c1-13(22)21-18(15-6-4-3-5-7-15)12-17(19-21)14-8-10-16(11-9-14)20-25(2,23)24/h3-11,18,20H,12H2,1-2H3. The van der Waals surface area contributed by atoms with E-state index in [4.69, 9.17) is 0 Å². The van der Waals surface area contributed by atoms with E-state index in [-0.39, 0.29) is 11.9 Å². The van der Waals surface area contributed by atoms with Crippen molar-refractivity contribution >= 4 is 27.3 Å². The molecule has 25 heavy (non-hydrogen) atoms. The van der Waals surface area contributed by atoms with Gasteiger partial charge in [-0.15, -0.1) is 0 Å². The molecule has 130 valence electrons. The van der Waals surface area contributed by atoms with Gasteiger partial charge in [-0.3, -0.25) is 9.52 Å². The molecule has 0 saturated heterocycles. The van der Waals surface area contributed by atoms with Crippen LogP contribution in [0, 0.1) is 0 Å². The summed E-state index contributed by atoms with van der Waals surface area (Å²) in [7, 11) is -3.31. The highest BCUT2D eigenvalue weighted by Crippen LogP contribution is 2.32. The minimum atomic E-state index is -3.31. The van der Waals surface area contributed by atoms with E-state index in [2.05, 4.69) is 9.82 Å². The average molecular weight is 357 g/mol. The summed E-state index contributed by atoms with van der Waals surface area (Å²) < 4.78 is 25.0. The molecule has 1 N–H and O–H groups in total. The molecule has 0 aromatic heterocycles. The predicted molar refractivity (Wildman–Crippen MR) is 97.8 cm³/mol. The molecular formula is C18H19N3O3S. The zero-order chi connectivity index (χ0) is 18.0. The largest absolute Gasteiger partial charge is 0.284 e. The molecule has 1 unspecified atom stereocenters. The van der Waals surface area contributed by atoms with Crippen molar-refractivity contribution in [2.24, 2.45) is 5.10 Å². The Bertz CT molecular complexity index is 906. The number of benzene rings is 2. The Morgan fingerprint density at radius 2 is 1.76 bits per heavy atom. The third-order valence-electron chi connectivity index (χ3n) is 3.94. The molecule has 1 atom stereocenters. The van der Waals surface area contributed by atoms with Crippen molar-refractivity contribution in [1.82, 2.24) is 5.01 Å². The highest BCUT2D eigenvalue weighted by molar-refractivity contribution is 7.92. The maximum Gasteiger partial charge on any atom is 0.240 e. The molecule has 1 amide bonds. The third-order valence-corrected chi connectivity index (χ3v) is 4.55. The normalized spacial score (nSPS) is 17.3. The SMILES string of the molecule is CC(=O)N1N=C(c2ccc(NS(C)(=O)=O)cc2)CC1c1ccccc1. The summed E-state index contributed by atoms with van der Waals surface area (Å²) >= 11 is 0. The highest BCUT2D eigenvalue weighted by atomic mass is 32.2. The van der Waals surface area contributed by atoms with Crippen molar-refractivity contribution in [3.63, 3.8) is 0 Å². The van der Waals surface area contributed by atoms with Crippen LogP contribution in [0.3, 0.4) is 0 Å². The number of carbonyl (C=O) groups excluding carboxylic acids is 1. The molecule has 7 heteroatoms. The van der Waals surface area contributed by atoms with Crippen LogP contribution in [0.5, 0.6) is 0 Å². The zero-order valence-corrected chi connectivity index (χ0v) is 14.8. The summed E-state index contributed by atoms with van der Waals surface area (Å²) in [5, 5.41) is 5.99. The maximum absolute atomic E-state index is 12.0. The third kappa shape index (κ3) is 4.06. The van der Waals surface area contributed by atoms with E-state index in [1.54, 1.807) is 24.3 Å². The molecule has 3 rings (SSSR count). The van der Waals surface area contributed by atoms with E-state index in [0.29, 0.717) is 12.1 Å².